The first-order chi connectivity index (χ1) is 7.44. The third-order valence-electron chi connectivity index (χ3n) is 2.82. The van der Waals surface area contributed by atoms with Gasteiger partial charge in [0.25, 0.3) is 0 Å². The van der Waals surface area contributed by atoms with Crippen molar-refractivity contribution in [3.8, 4) is 0 Å². The summed E-state index contributed by atoms with van der Waals surface area (Å²) in [5.74, 6) is 0. The van der Waals surface area contributed by atoms with Crippen LogP contribution in [-0.4, -0.2) is 31.3 Å². The van der Waals surface area contributed by atoms with Crippen LogP contribution in [0, 0.1) is 0 Å². The number of aliphatic hydroxyl groups is 1. The van der Waals surface area contributed by atoms with Crippen molar-refractivity contribution in [2.45, 2.75) is 25.9 Å². The second-order valence-electron chi connectivity index (χ2n) is 4.65. The van der Waals surface area contributed by atoms with Gasteiger partial charge in [0.05, 0.1) is 5.60 Å². The smallest absolute Gasteiger partial charge is 0.0788 e. The lowest BCUT2D eigenvalue weighted by Gasteiger charge is -2.22. The minimum atomic E-state index is -0.639. The van der Waals surface area contributed by atoms with Gasteiger partial charge in [-0.2, -0.15) is 0 Å². The van der Waals surface area contributed by atoms with E-state index in [2.05, 4.69) is 22.3 Å². The molecule has 0 fully saturated rings. The van der Waals surface area contributed by atoms with Gasteiger partial charge in [-0.05, 0) is 37.6 Å². The molecule has 1 unspecified atom stereocenters. The summed E-state index contributed by atoms with van der Waals surface area (Å²) >= 11 is 0. The molecule has 0 aliphatic heterocycles. The minimum absolute atomic E-state index is 0.574. The molecule has 90 valence electrons. The summed E-state index contributed by atoms with van der Waals surface area (Å²) in [6, 6.07) is 8.17. The molecule has 0 amide bonds. The molecule has 0 spiro atoms. The van der Waals surface area contributed by atoms with E-state index in [1.807, 2.05) is 40.1 Å². The molecular formula is C13H22N2O. The summed E-state index contributed by atoms with van der Waals surface area (Å²) < 4.78 is 0. The number of rotatable bonds is 5. The fourth-order valence-electron chi connectivity index (χ4n) is 1.29. The standard InChI is InChI=1S/C13H22N2O/c1-5-13(2,16)10-14-11-6-8-12(9-7-11)15(3)4/h6-9,14,16H,5,10H2,1-4H3. The Kier molecular flexibility index (Phi) is 4.19. The quantitative estimate of drug-likeness (QED) is 0.802. The SMILES string of the molecule is CCC(C)(O)CNc1ccc(N(C)C)cc1. The van der Waals surface area contributed by atoms with Crippen LogP contribution in [0.2, 0.25) is 0 Å². The van der Waals surface area contributed by atoms with Crippen LogP contribution in [-0.2, 0) is 0 Å². The van der Waals surface area contributed by atoms with Gasteiger partial charge in [0.2, 0.25) is 0 Å². The fourth-order valence-corrected chi connectivity index (χ4v) is 1.29. The van der Waals surface area contributed by atoms with Gasteiger partial charge in [-0.3, -0.25) is 0 Å². The summed E-state index contributed by atoms with van der Waals surface area (Å²) in [6.07, 6.45) is 0.746. The highest BCUT2D eigenvalue weighted by Crippen LogP contribution is 2.17. The van der Waals surface area contributed by atoms with E-state index in [4.69, 9.17) is 0 Å². The summed E-state index contributed by atoms with van der Waals surface area (Å²) in [7, 11) is 4.04. The van der Waals surface area contributed by atoms with Gasteiger partial charge in [-0.25, -0.2) is 0 Å². The first-order valence-electron chi connectivity index (χ1n) is 5.68. The third kappa shape index (κ3) is 3.74. The zero-order chi connectivity index (χ0) is 12.2. The highest BCUT2D eigenvalue weighted by atomic mass is 16.3. The van der Waals surface area contributed by atoms with Gasteiger partial charge >= 0.3 is 0 Å². The minimum Gasteiger partial charge on any atom is -0.388 e. The molecule has 0 saturated heterocycles. The molecule has 1 atom stereocenters. The number of nitrogens with zero attached hydrogens (tertiary/aromatic N) is 1. The Labute approximate surface area is 98.1 Å². The Balaban J connectivity index is 2.56. The number of hydrogen-bond acceptors (Lipinski definition) is 3. The first-order valence-corrected chi connectivity index (χ1v) is 5.68. The van der Waals surface area contributed by atoms with E-state index in [1.165, 1.54) is 5.69 Å². The van der Waals surface area contributed by atoms with Crippen molar-refractivity contribution >= 4 is 11.4 Å². The molecule has 1 aromatic carbocycles. The van der Waals surface area contributed by atoms with Crippen molar-refractivity contribution in [3.63, 3.8) is 0 Å². The topological polar surface area (TPSA) is 35.5 Å². The lowest BCUT2D eigenvalue weighted by molar-refractivity contribution is 0.0697. The molecule has 2 N–H and O–H groups in total. The summed E-state index contributed by atoms with van der Waals surface area (Å²) in [6.45, 7) is 4.40. The van der Waals surface area contributed by atoms with Crippen molar-refractivity contribution in [1.29, 1.82) is 0 Å². The van der Waals surface area contributed by atoms with E-state index < -0.39 is 5.60 Å². The number of hydrogen-bond donors (Lipinski definition) is 2. The number of anilines is 2. The molecule has 1 rings (SSSR count). The summed E-state index contributed by atoms with van der Waals surface area (Å²) in [5.41, 5.74) is 1.58. The normalized spacial score (nSPS) is 14.3. The maximum atomic E-state index is 9.86. The summed E-state index contributed by atoms with van der Waals surface area (Å²) in [4.78, 5) is 2.06. The van der Waals surface area contributed by atoms with Gasteiger partial charge in [-0.1, -0.05) is 6.92 Å². The molecular weight excluding hydrogens is 200 g/mol. The van der Waals surface area contributed by atoms with E-state index in [0.29, 0.717) is 6.54 Å². The van der Waals surface area contributed by atoms with Gasteiger partial charge in [0.1, 0.15) is 0 Å². The zero-order valence-electron chi connectivity index (χ0n) is 10.6. The van der Waals surface area contributed by atoms with E-state index >= 15 is 0 Å². The Morgan fingerprint density at radius 1 is 1.25 bits per heavy atom. The van der Waals surface area contributed by atoms with Gasteiger partial charge in [0, 0.05) is 32.0 Å². The molecule has 16 heavy (non-hydrogen) atoms. The first kappa shape index (κ1) is 12.8. The molecule has 0 heterocycles. The molecule has 0 aliphatic carbocycles. The molecule has 0 aromatic heterocycles. The van der Waals surface area contributed by atoms with Crippen molar-refractivity contribution in [2.75, 3.05) is 30.9 Å². The Morgan fingerprint density at radius 3 is 2.25 bits per heavy atom. The Bertz CT molecular complexity index is 317. The van der Waals surface area contributed by atoms with Crippen molar-refractivity contribution < 1.29 is 5.11 Å². The van der Waals surface area contributed by atoms with E-state index in [1.54, 1.807) is 0 Å². The highest BCUT2D eigenvalue weighted by molar-refractivity contribution is 5.54. The van der Waals surface area contributed by atoms with E-state index in [-0.39, 0.29) is 0 Å². The second kappa shape index (κ2) is 5.21. The maximum absolute atomic E-state index is 9.86. The molecule has 0 radical (unpaired) electrons. The predicted octanol–water partition coefficient (Wildman–Crippen LogP) is 2.33. The molecule has 0 aliphatic rings. The van der Waals surface area contributed by atoms with Gasteiger partial charge in [-0.15, -0.1) is 0 Å². The van der Waals surface area contributed by atoms with Crippen molar-refractivity contribution in [3.05, 3.63) is 24.3 Å². The Hall–Kier alpha value is -1.22. The third-order valence-corrected chi connectivity index (χ3v) is 2.82. The van der Waals surface area contributed by atoms with Crippen LogP contribution in [0.3, 0.4) is 0 Å². The average molecular weight is 222 g/mol. The molecule has 0 saturated carbocycles. The lowest BCUT2D eigenvalue weighted by atomic mass is 10.0. The molecule has 1 aromatic rings. The van der Waals surface area contributed by atoms with Crippen LogP contribution in [0.1, 0.15) is 20.3 Å². The van der Waals surface area contributed by atoms with Crippen molar-refractivity contribution in [2.24, 2.45) is 0 Å². The molecule has 0 bridgehead atoms. The number of benzene rings is 1. The molecule has 3 heteroatoms. The van der Waals surface area contributed by atoms with E-state index in [9.17, 15) is 5.11 Å². The van der Waals surface area contributed by atoms with Crippen molar-refractivity contribution in [1.82, 2.24) is 0 Å². The van der Waals surface area contributed by atoms with Crippen LogP contribution in [0.4, 0.5) is 11.4 Å². The van der Waals surface area contributed by atoms with Crippen LogP contribution in [0.25, 0.3) is 0 Å². The second-order valence-corrected chi connectivity index (χ2v) is 4.65. The van der Waals surface area contributed by atoms with Gasteiger partial charge in [0.15, 0.2) is 0 Å². The summed E-state index contributed by atoms with van der Waals surface area (Å²) in [5, 5.41) is 13.1. The molecule has 3 nitrogen and oxygen atoms in total. The monoisotopic (exact) mass is 222 g/mol. The largest absolute Gasteiger partial charge is 0.388 e. The Morgan fingerprint density at radius 2 is 1.81 bits per heavy atom. The fraction of sp³-hybridized carbons (Fsp3) is 0.538. The highest BCUT2D eigenvalue weighted by Gasteiger charge is 2.16. The van der Waals surface area contributed by atoms with Gasteiger partial charge < -0.3 is 15.3 Å². The zero-order valence-corrected chi connectivity index (χ0v) is 10.6. The maximum Gasteiger partial charge on any atom is 0.0788 e. The van der Waals surface area contributed by atoms with Crippen LogP contribution >= 0.6 is 0 Å². The van der Waals surface area contributed by atoms with Crippen LogP contribution < -0.4 is 10.2 Å². The predicted molar refractivity (Wildman–Crippen MR) is 70.2 cm³/mol. The van der Waals surface area contributed by atoms with Crippen LogP contribution in [0.5, 0.6) is 0 Å². The van der Waals surface area contributed by atoms with E-state index in [0.717, 1.165) is 12.1 Å². The number of nitrogens with one attached hydrogen (secondary N) is 1. The average Bonchev–Trinajstić information content (AvgIpc) is 2.27. The lowest BCUT2D eigenvalue weighted by Crippen LogP contribution is -2.32. The van der Waals surface area contributed by atoms with Crippen LogP contribution in [0.15, 0.2) is 24.3 Å².